The summed E-state index contributed by atoms with van der Waals surface area (Å²) in [5, 5.41) is 4.10. The Kier molecular flexibility index (Phi) is 3.35. The van der Waals surface area contributed by atoms with Crippen molar-refractivity contribution in [3.05, 3.63) is 47.3 Å². The first kappa shape index (κ1) is 13.3. The number of nitrogens with zero attached hydrogens (tertiary/aromatic N) is 2. The molecule has 0 N–H and O–H groups in total. The van der Waals surface area contributed by atoms with Gasteiger partial charge in [-0.2, -0.15) is 5.10 Å². The van der Waals surface area contributed by atoms with Gasteiger partial charge >= 0.3 is 0 Å². The van der Waals surface area contributed by atoms with Crippen LogP contribution in [-0.4, -0.2) is 31.1 Å². The maximum absolute atomic E-state index is 11.4. The summed E-state index contributed by atoms with van der Waals surface area (Å²) in [6, 6.07) is 6.26. The SMILES string of the molecule is CS(=O)(=O)c1cnn(Cc2ccc3c(c2)CCOC3)c1. The van der Waals surface area contributed by atoms with Crippen LogP contribution in [-0.2, 0) is 34.1 Å². The van der Waals surface area contributed by atoms with Crippen molar-refractivity contribution in [3.8, 4) is 0 Å². The molecule has 6 heteroatoms. The van der Waals surface area contributed by atoms with Crippen LogP contribution in [0.3, 0.4) is 0 Å². The summed E-state index contributed by atoms with van der Waals surface area (Å²) in [4.78, 5) is 0.254. The molecule has 3 rings (SSSR count). The van der Waals surface area contributed by atoms with Gasteiger partial charge < -0.3 is 4.74 Å². The van der Waals surface area contributed by atoms with Gasteiger partial charge in [-0.15, -0.1) is 0 Å². The van der Waals surface area contributed by atoms with Gasteiger partial charge in [-0.1, -0.05) is 18.2 Å². The summed E-state index contributed by atoms with van der Waals surface area (Å²) in [5.74, 6) is 0. The van der Waals surface area contributed by atoms with E-state index in [0.717, 1.165) is 18.6 Å². The molecule has 106 valence electrons. The van der Waals surface area contributed by atoms with Crippen molar-refractivity contribution in [1.82, 2.24) is 9.78 Å². The van der Waals surface area contributed by atoms with Gasteiger partial charge in [-0.3, -0.25) is 4.68 Å². The van der Waals surface area contributed by atoms with E-state index < -0.39 is 9.84 Å². The number of rotatable bonds is 3. The fourth-order valence-electron chi connectivity index (χ4n) is 2.33. The highest BCUT2D eigenvalue weighted by Crippen LogP contribution is 2.19. The van der Waals surface area contributed by atoms with Gasteiger partial charge in [-0.05, 0) is 23.1 Å². The predicted octanol–water partition coefficient (Wildman–Crippen LogP) is 1.41. The Bertz CT molecular complexity index is 735. The summed E-state index contributed by atoms with van der Waals surface area (Å²) in [6.45, 7) is 2.01. The van der Waals surface area contributed by atoms with Crippen LogP contribution in [0.15, 0.2) is 35.5 Å². The highest BCUT2D eigenvalue weighted by molar-refractivity contribution is 7.90. The van der Waals surface area contributed by atoms with E-state index in [4.69, 9.17) is 4.74 Å². The van der Waals surface area contributed by atoms with E-state index in [1.54, 1.807) is 10.9 Å². The molecule has 0 amide bonds. The highest BCUT2D eigenvalue weighted by atomic mass is 32.2. The van der Waals surface area contributed by atoms with Crippen LogP contribution in [0, 0.1) is 0 Å². The number of hydrogen-bond acceptors (Lipinski definition) is 4. The van der Waals surface area contributed by atoms with Crippen molar-refractivity contribution in [1.29, 1.82) is 0 Å². The topological polar surface area (TPSA) is 61.2 Å². The lowest BCUT2D eigenvalue weighted by Gasteiger charge is -2.17. The van der Waals surface area contributed by atoms with Gasteiger partial charge in [0.1, 0.15) is 4.90 Å². The Labute approximate surface area is 118 Å². The zero-order valence-corrected chi connectivity index (χ0v) is 12.1. The molecule has 0 spiro atoms. The van der Waals surface area contributed by atoms with E-state index in [0.29, 0.717) is 13.2 Å². The molecule has 0 unspecified atom stereocenters. The second-order valence-corrected chi connectivity index (χ2v) is 7.07. The Hall–Kier alpha value is -1.66. The maximum atomic E-state index is 11.4. The van der Waals surface area contributed by atoms with Crippen molar-refractivity contribution in [2.24, 2.45) is 0 Å². The molecule has 2 heterocycles. The quantitative estimate of drug-likeness (QED) is 0.858. The van der Waals surface area contributed by atoms with Crippen LogP contribution in [0.5, 0.6) is 0 Å². The molecule has 20 heavy (non-hydrogen) atoms. The van der Waals surface area contributed by atoms with Crippen molar-refractivity contribution < 1.29 is 13.2 Å². The molecular formula is C14H16N2O3S. The molecule has 1 aliphatic rings. The van der Waals surface area contributed by atoms with Gasteiger partial charge in [0.15, 0.2) is 9.84 Å². The Morgan fingerprint density at radius 3 is 2.95 bits per heavy atom. The van der Waals surface area contributed by atoms with E-state index in [1.807, 2.05) is 6.07 Å². The fraction of sp³-hybridized carbons (Fsp3) is 0.357. The number of aromatic nitrogens is 2. The van der Waals surface area contributed by atoms with Crippen molar-refractivity contribution in [2.45, 2.75) is 24.5 Å². The lowest BCUT2D eigenvalue weighted by molar-refractivity contribution is 0.110. The third kappa shape index (κ3) is 2.76. The van der Waals surface area contributed by atoms with Crippen LogP contribution in [0.4, 0.5) is 0 Å². The van der Waals surface area contributed by atoms with Gasteiger partial charge in [0, 0.05) is 12.5 Å². The van der Waals surface area contributed by atoms with Crippen LogP contribution < -0.4 is 0 Å². The summed E-state index contributed by atoms with van der Waals surface area (Å²) in [7, 11) is -3.19. The molecule has 1 aromatic heterocycles. The molecule has 0 aliphatic carbocycles. The van der Waals surface area contributed by atoms with Crippen molar-refractivity contribution >= 4 is 9.84 Å². The first-order valence-corrected chi connectivity index (χ1v) is 8.32. The largest absolute Gasteiger partial charge is 0.376 e. The third-order valence-electron chi connectivity index (χ3n) is 3.43. The molecule has 0 saturated carbocycles. The zero-order chi connectivity index (χ0) is 14.2. The maximum Gasteiger partial charge on any atom is 0.178 e. The average molecular weight is 292 g/mol. The third-order valence-corrected chi connectivity index (χ3v) is 4.49. The van der Waals surface area contributed by atoms with Crippen LogP contribution >= 0.6 is 0 Å². The van der Waals surface area contributed by atoms with E-state index in [1.165, 1.54) is 23.6 Å². The molecule has 0 fully saturated rings. The smallest absolute Gasteiger partial charge is 0.178 e. The van der Waals surface area contributed by atoms with Gasteiger partial charge in [0.25, 0.3) is 0 Å². The minimum atomic E-state index is -3.19. The number of benzene rings is 1. The molecule has 2 aromatic rings. The Morgan fingerprint density at radius 2 is 2.20 bits per heavy atom. The first-order valence-electron chi connectivity index (χ1n) is 6.43. The minimum absolute atomic E-state index is 0.254. The Morgan fingerprint density at radius 1 is 1.35 bits per heavy atom. The Balaban J connectivity index is 1.83. The van der Waals surface area contributed by atoms with Crippen molar-refractivity contribution in [2.75, 3.05) is 12.9 Å². The number of hydrogen-bond donors (Lipinski definition) is 0. The lowest BCUT2D eigenvalue weighted by atomic mass is 10.0. The molecule has 5 nitrogen and oxygen atoms in total. The molecule has 0 atom stereocenters. The normalized spacial score (nSPS) is 15.1. The lowest BCUT2D eigenvalue weighted by Crippen LogP contribution is -2.10. The standard InChI is InChI=1S/C14H16N2O3S/c1-20(17,18)14-7-15-16(9-14)8-11-2-3-13-10-19-5-4-12(13)6-11/h2-3,6-7,9H,4-5,8,10H2,1H3. The molecule has 1 aliphatic heterocycles. The summed E-state index contributed by atoms with van der Waals surface area (Å²) in [5.41, 5.74) is 3.66. The van der Waals surface area contributed by atoms with E-state index in [-0.39, 0.29) is 4.90 Å². The summed E-state index contributed by atoms with van der Waals surface area (Å²) < 4.78 is 29.9. The van der Waals surface area contributed by atoms with Crippen LogP contribution in [0.1, 0.15) is 16.7 Å². The number of fused-ring (bicyclic) bond motifs is 1. The highest BCUT2D eigenvalue weighted by Gasteiger charge is 2.12. The second kappa shape index (κ2) is 5.03. The fourth-order valence-corrected chi connectivity index (χ4v) is 2.88. The van der Waals surface area contributed by atoms with E-state index in [9.17, 15) is 8.42 Å². The molecule has 0 saturated heterocycles. The molecule has 1 aromatic carbocycles. The first-order chi connectivity index (χ1) is 9.52. The van der Waals surface area contributed by atoms with Gasteiger partial charge in [0.2, 0.25) is 0 Å². The zero-order valence-electron chi connectivity index (χ0n) is 11.2. The number of sulfone groups is 1. The minimum Gasteiger partial charge on any atom is -0.376 e. The van der Waals surface area contributed by atoms with Crippen molar-refractivity contribution in [3.63, 3.8) is 0 Å². The van der Waals surface area contributed by atoms with Gasteiger partial charge in [0.05, 0.1) is 26.0 Å². The van der Waals surface area contributed by atoms with Crippen LogP contribution in [0.2, 0.25) is 0 Å². The van der Waals surface area contributed by atoms with E-state index >= 15 is 0 Å². The van der Waals surface area contributed by atoms with Gasteiger partial charge in [-0.25, -0.2) is 8.42 Å². The average Bonchev–Trinajstić information content (AvgIpc) is 2.87. The monoisotopic (exact) mass is 292 g/mol. The summed E-state index contributed by atoms with van der Waals surface area (Å²) in [6.07, 6.45) is 5.07. The van der Waals surface area contributed by atoms with E-state index in [2.05, 4.69) is 17.2 Å². The molecular weight excluding hydrogens is 276 g/mol. The van der Waals surface area contributed by atoms with Crippen LogP contribution in [0.25, 0.3) is 0 Å². The number of ether oxygens (including phenoxy) is 1. The predicted molar refractivity (Wildman–Crippen MR) is 74.2 cm³/mol. The molecule has 0 bridgehead atoms. The summed E-state index contributed by atoms with van der Waals surface area (Å²) >= 11 is 0. The molecule has 0 radical (unpaired) electrons. The second-order valence-electron chi connectivity index (χ2n) is 5.05.